The van der Waals surface area contributed by atoms with Crippen molar-refractivity contribution in [3.8, 4) is 5.75 Å². The van der Waals surface area contributed by atoms with E-state index in [1.54, 1.807) is 18.2 Å². The molecule has 2 aromatic carbocycles. The number of rotatable bonds is 6. The van der Waals surface area contributed by atoms with Crippen molar-refractivity contribution in [3.63, 3.8) is 0 Å². The van der Waals surface area contributed by atoms with Gasteiger partial charge in [0.2, 0.25) is 0 Å². The van der Waals surface area contributed by atoms with Gasteiger partial charge in [-0.15, -0.1) is 6.58 Å². The van der Waals surface area contributed by atoms with Crippen molar-refractivity contribution < 1.29 is 14.6 Å². The summed E-state index contributed by atoms with van der Waals surface area (Å²) in [7, 11) is 0. The quantitative estimate of drug-likeness (QED) is 0.603. The van der Waals surface area contributed by atoms with Crippen molar-refractivity contribution in [1.82, 2.24) is 0 Å². The van der Waals surface area contributed by atoms with Crippen molar-refractivity contribution in [2.24, 2.45) is 0 Å². The first kappa shape index (κ1) is 16.3. The Morgan fingerprint density at radius 2 is 1.95 bits per heavy atom. The van der Waals surface area contributed by atoms with Crippen LogP contribution in [0.2, 0.25) is 0 Å². The lowest BCUT2D eigenvalue weighted by Crippen LogP contribution is -2.09. The fraction of sp³-hybridized carbons (Fsp3) is 0.167. The van der Waals surface area contributed by atoms with Crippen LogP contribution in [0.4, 0.5) is 0 Å². The van der Waals surface area contributed by atoms with Crippen LogP contribution < -0.4 is 0 Å². The van der Waals surface area contributed by atoms with Crippen LogP contribution in [0.1, 0.15) is 27.9 Å². The Labute approximate surface area is 138 Å². The van der Waals surface area contributed by atoms with Gasteiger partial charge in [0, 0.05) is 5.56 Å². The predicted octanol–water partition coefficient (Wildman–Crippen LogP) is 4.63. The molecule has 0 radical (unpaired) electrons. The van der Waals surface area contributed by atoms with Gasteiger partial charge in [-0.1, -0.05) is 36.4 Å². The van der Waals surface area contributed by atoms with Crippen molar-refractivity contribution in [3.05, 3.63) is 76.3 Å². The van der Waals surface area contributed by atoms with Crippen molar-refractivity contribution in [1.29, 1.82) is 0 Å². The molecule has 0 fully saturated rings. The predicted molar refractivity (Wildman–Crippen MR) is 89.9 cm³/mol. The number of esters is 1. The van der Waals surface area contributed by atoms with Crippen LogP contribution >= 0.6 is 15.9 Å². The Hall–Kier alpha value is -2.07. The lowest BCUT2D eigenvalue weighted by atomic mass is 10.0. The summed E-state index contributed by atoms with van der Waals surface area (Å²) in [4.78, 5) is 12.3. The molecule has 22 heavy (non-hydrogen) atoms. The summed E-state index contributed by atoms with van der Waals surface area (Å²) in [6.45, 7) is 3.87. The highest BCUT2D eigenvalue weighted by molar-refractivity contribution is 9.10. The van der Waals surface area contributed by atoms with Crippen LogP contribution in [0.15, 0.2) is 59.6 Å². The van der Waals surface area contributed by atoms with E-state index in [0.717, 1.165) is 5.56 Å². The van der Waals surface area contributed by atoms with Gasteiger partial charge in [-0.3, -0.25) is 0 Å². The molecular formula is C18H17BrO3. The number of phenols is 1. The average molecular weight is 361 g/mol. The lowest BCUT2D eigenvalue weighted by Gasteiger charge is -2.12. The summed E-state index contributed by atoms with van der Waals surface area (Å²) in [6, 6.07) is 12.8. The van der Waals surface area contributed by atoms with Crippen molar-refractivity contribution >= 4 is 21.9 Å². The van der Waals surface area contributed by atoms with Crippen LogP contribution in [-0.4, -0.2) is 11.1 Å². The third-order valence-corrected chi connectivity index (χ3v) is 3.90. The molecular weight excluding hydrogens is 344 g/mol. The van der Waals surface area contributed by atoms with E-state index >= 15 is 0 Å². The largest absolute Gasteiger partial charge is 0.506 e. The van der Waals surface area contributed by atoms with Crippen LogP contribution in [0.3, 0.4) is 0 Å². The first-order valence-corrected chi connectivity index (χ1v) is 7.75. The number of allylic oxidation sites excluding steroid dienone is 1. The third kappa shape index (κ3) is 3.98. The van der Waals surface area contributed by atoms with Crippen LogP contribution in [0.5, 0.6) is 5.75 Å². The van der Waals surface area contributed by atoms with E-state index < -0.39 is 5.97 Å². The highest BCUT2D eigenvalue weighted by Gasteiger charge is 2.17. The van der Waals surface area contributed by atoms with Gasteiger partial charge >= 0.3 is 5.97 Å². The van der Waals surface area contributed by atoms with Gasteiger partial charge in [0.1, 0.15) is 12.4 Å². The first-order chi connectivity index (χ1) is 10.6. The van der Waals surface area contributed by atoms with Crippen LogP contribution in [0, 0.1) is 0 Å². The molecule has 0 heterocycles. The molecule has 0 aromatic heterocycles. The van der Waals surface area contributed by atoms with Gasteiger partial charge in [0.15, 0.2) is 0 Å². The van der Waals surface area contributed by atoms with E-state index in [0.29, 0.717) is 28.4 Å². The fourth-order valence-corrected chi connectivity index (χ4v) is 2.47. The van der Waals surface area contributed by atoms with E-state index in [2.05, 4.69) is 22.5 Å². The maximum absolute atomic E-state index is 12.3. The van der Waals surface area contributed by atoms with Gasteiger partial charge in [-0.05, 0) is 46.5 Å². The average Bonchev–Trinajstić information content (AvgIpc) is 2.55. The number of aromatic hydroxyl groups is 1. The molecule has 0 saturated heterocycles. The molecule has 0 aliphatic rings. The highest BCUT2D eigenvalue weighted by atomic mass is 79.9. The monoisotopic (exact) mass is 360 g/mol. The standard InChI is InChI=1S/C18H17BrO3/c1-2-3-9-14-15(10-11-16(19)17(14)20)18(21)22-12-13-7-5-4-6-8-13/h2,4-8,10-11,20H,1,3,9,12H2. The van der Waals surface area contributed by atoms with Crippen molar-refractivity contribution in [2.45, 2.75) is 19.4 Å². The summed E-state index contributed by atoms with van der Waals surface area (Å²) >= 11 is 3.27. The lowest BCUT2D eigenvalue weighted by molar-refractivity contribution is 0.0471. The molecule has 0 spiro atoms. The smallest absolute Gasteiger partial charge is 0.338 e. The maximum Gasteiger partial charge on any atom is 0.338 e. The first-order valence-electron chi connectivity index (χ1n) is 6.95. The molecule has 2 aromatic rings. The molecule has 0 aliphatic heterocycles. The van der Waals surface area contributed by atoms with Gasteiger partial charge in [0.25, 0.3) is 0 Å². The molecule has 4 heteroatoms. The van der Waals surface area contributed by atoms with Crippen LogP contribution in [0.25, 0.3) is 0 Å². The second-order valence-electron chi connectivity index (χ2n) is 4.81. The molecule has 114 valence electrons. The minimum atomic E-state index is -0.439. The van der Waals surface area contributed by atoms with E-state index in [4.69, 9.17) is 4.74 Å². The third-order valence-electron chi connectivity index (χ3n) is 3.26. The highest BCUT2D eigenvalue weighted by Crippen LogP contribution is 2.32. The van der Waals surface area contributed by atoms with Gasteiger partial charge in [0.05, 0.1) is 10.0 Å². The molecule has 1 N–H and O–H groups in total. The van der Waals surface area contributed by atoms with E-state index in [1.165, 1.54) is 0 Å². The number of phenolic OH excluding ortho intramolecular Hbond substituents is 1. The van der Waals surface area contributed by atoms with Gasteiger partial charge in [-0.25, -0.2) is 4.79 Å². The van der Waals surface area contributed by atoms with Crippen LogP contribution in [-0.2, 0) is 17.8 Å². The Balaban J connectivity index is 2.18. The summed E-state index contributed by atoms with van der Waals surface area (Å²) in [5.74, 6) is -0.360. The van der Waals surface area contributed by atoms with E-state index in [-0.39, 0.29) is 12.4 Å². The zero-order chi connectivity index (χ0) is 15.9. The minimum absolute atomic E-state index is 0.0796. The fourth-order valence-electron chi connectivity index (χ4n) is 2.10. The molecule has 3 nitrogen and oxygen atoms in total. The molecule has 0 amide bonds. The Morgan fingerprint density at radius 3 is 2.64 bits per heavy atom. The molecule has 0 saturated carbocycles. The molecule has 0 bridgehead atoms. The van der Waals surface area contributed by atoms with E-state index in [1.807, 2.05) is 30.3 Å². The minimum Gasteiger partial charge on any atom is -0.506 e. The van der Waals surface area contributed by atoms with Gasteiger partial charge < -0.3 is 9.84 Å². The zero-order valence-corrected chi connectivity index (χ0v) is 13.7. The number of benzene rings is 2. The Kier molecular flexibility index (Phi) is 5.78. The number of hydrogen-bond donors (Lipinski definition) is 1. The topological polar surface area (TPSA) is 46.5 Å². The second-order valence-corrected chi connectivity index (χ2v) is 5.67. The molecule has 0 aliphatic carbocycles. The number of carbonyl (C=O) groups excluding carboxylic acids is 1. The number of halogens is 1. The number of hydrogen-bond acceptors (Lipinski definition) is 3. The Bertz CT molecular complexity index is 666. The van der Waals surface area contributed by atoms with Crippen molar-refractivity contribution in [2.75, 3.05) is 0 Å². The summed E-state index contributed by atoms with van der Waals surface area (Å²) in [5.41, 5.74) is 1.88. The summed E-state index contributed by atoms with van der Waals surface area (Å²) in [5, 5.41) is 10.2. The second kappa shape index (κ2) is 7.80. The SMILES string of the molecule is C=CCCc1c(C(=O)OCc2ccccc2)ccc(Br)c1O. The Morgan fingerprint density at radius 1 is 1.23 bits per heavy atom. The zero-order valence-electron chi connectivity index (χ0n) is 12.1. The van der Waals surface area contributed by atoms with E-state index in [9.17, 15) is 9.90 Å². The number of carbonyl (C=O) groups is 1. The molecule has 0 atom stereocenters. The summed E-state index contributed by atoms with van der Waals surface area (Å²) < 4.78 is 5.90. The number of ether oxygens (including phenoxy) is 1. The maximum atomic E-state index is 12.3. The van der Waals surface area contributed by atoms with Gasteiger partial charge in [-0.2, -0.15) is 0 Å². The normalized spacial score (nSPS) is 10.2. The molecule has 0 unspecified atom stereocenters. The molecule has 2 rings (SSSR count). The summed E-state index contributed by atoms with van der Waals surface area (Å²) in [6.07, 6.45) is 2.95.